The molecule has 0 aliphatic rings. The summed E-state index contributed by atoms with van der Waals surface area (Å²) in [4.78, 5) is 2.26. The number of hydrogen-bond donors (Lipinski definition) is 1. The number of hydrogen-bond acceptors (Lipinski definition) is 2. The Bertz CT molecular complexity index is 369. The average Bonchev–Trinajstić information content (AvgIpc) is 2.35. The van der Waals surface area contributed by atoms with E-state index in [4.69, 9.17) is 0 Å². The van der Waals surface area contributed by atoms with Crippen molar-refractivity contribution in [2.75, 3.05) is 19.6 Å². The zero-order valence-electron chi connectivity index (χ0n) is 12.4. The molecule has 2 heteroatoms. The summed E-state index contributed by atoms with van der Waals surface area (Å²) >= 11 is 0. The number of likely N-dealkylation sites (N-methyl/N-ethyl adjacent to an activating group) is 1. The van der Waals surface area contributed by atoms with Crippen LogP contribution in [0.25, 0.3) is 0 Å². The van der Waals surface area contributed by atoms with Crippen LogP contribution in [0.15, 0.2) is 18.2 Å². The van der Waals surface area contributed by atoms with E-state index in [2.05, 4.69) is 57.7 Å². The molecule has 0 saturated heterocycles. The lowest BCUT2D eigenvalue weighted by molar-refractivity contribution is 0.118. The topological polar surface area (TPSA) is 23.5 Å². The molecule has 0 aliphatic heterocycles. The highest BCUT2D eigenvalue weighted by molar-refractivity contribution is 5.34. The summed E-state index contributed by atoms with van der Waals surface area (Å²) in [7, 11) is 0. The first-order chi connectivity index (χ1) is 8.49. The molecular weight excluding hydrogens is 222 g/mol. The van der Waals surface area contributed by atoms with Gasteiger partial charge in [-0.1, -0.05) is 45.9 Å². The van der Waals surface area contributed by atoms with E-state index in [0.717, 1.165) is 25.2 Å². The second-order valence-corrected chi connectivity index (χ2v) is 5.27. The largest absolute Gasteiger partial charge is 0.387 e. The lowest BCUT2D eigenvalue weighted by atomic mass is 9.95. The molecule has 0 aromatic heterocycles. The number of rotatable bonds is 6. The van der Waals surface area contributed by atoms with Crippen LogP contribution in [0, 0.1) is 6.92 Å². The predicted molar refractivity (Wildman–Crippen MR) is 78.0 cm³/mol. The zero-order valence-corrected chi connectivity index (χ0v) is 12.4. The van der Waals surface area contributed by atoms with Crippen LogP contribution < -0.4 is 0 Å². The monoisotopic (exact) mass is 249 g/mol. The summed E-state index contributed by atoms with van der Waals surface area (Å²) in [5.74, 6) is 0.505. The Kier molecular flexibility index (Phi) is 5.83. The Balaban J connectivity index is 2.90. The highest BCUT2D eigenvalue weighted by Crippen LogP contribution is 2.24. The van der Waals surface area contributed by atoms with E-state index in [9.17, 15) is 5.11 Å². The lowest BCUT2D eigenvalue weighted by Gasteiger charge is -2.23. The van der Waals surface area contributed by atoms with Gasteiger partial charge in [-0.05, 0) is 42.6 Å². The number of aryl methyl sites for hydroxylation is 1. The third-order valence-electron chi connectivity index (χ3n) is 3.65. The van der Waals surface area contributed by atoms with Gasteiger partial charge >= 0.3 is 0 Å². The van der Waals surface area contributed by atoms with Crippen LogP contribution in [0.2, 0.25) is 0 Å². The van der Waals surface area contributed by atoms with Gasteiger partial charge in [0.15, 0.2) is 0 Å². The van der Waals surface area contributed by atoms with E-state index in [-0.39, 0.29) is 6.10 Å². The van der Waals surface area contributed by atoms with Gasteiger partial charge in [0, 0.05) is 6.54 Å². The summed E-state index contributed by atoms with van der Waals surface area (Å²) < 4.78 is 0. The van der Waals surface area contributed by atoms with E-state index < -0.39 is 0 Å². The molecule has 1 rings (SSSR count). The van der Waals surface area contributed by atoms with Gasteiger partial charge in [0.25, 0.3) is 0 Å². The average molecular weight is 249 g/mol. The summed E-state index contributed by atoms with van der Waals surface area (Å²) in [6.45, 7) is 13.4. The molecule has 18 heavy (non-hydrogen) atoms. The second kappa shape index (κ2) is 6.91. The minimum atomic E-state index is -0.386. The molecule has 0 heterocycles. The van der Waals surface area contributed by atoms with Crippen LogP contribution in [0.3, 0.4) is 0 Å². The molecule has 1 unspecified atom stereocenters. The zero-order chi connectivity index (χ0) is 13.7. The van der Waals surface area contributed by atoms with Crippen molar-refractivity contribution in [3.8, 4) is 0 Å². The summed E-state index contributed by atoms with van der Waals surface area (Å²) in [6, 6.07) is 6.44. The minimum Gasteiger partial charge on any atom is -0.387 e. The van der Waals surface area contributed by atoms with Crippen LogP contribution in [-0.2, 0) is 0 Å². The Morgan fingerprint density at radius 2 is 1.78 bits per heavy atom. The van der Waals surface area contributed by atoms with Gasteiger partial charge in [-0.15, -0.1) is 0 Å². The van der Waals surface area contributed by atoms with E-state index in [1.165, 1.54) is 11.1 Å². The van der Waals surface area contributed by atoms with Gasteiger partial charge in [0.2, 0.25) is 0 Å². The SMILES string of the molecule is CCN(CC)CC(O)c1cc(C(C)C)ccc1C. The molecule has 0 bridgehead atoms. The molecule has 0 aliphatic carbocycles. The number of aliphatic hydroxyl groups is 1. The molecule has 0 fully saturated rings. The van der Waals surface area contributed by atoms with Crippen LogP contribution in [-0.4, -0.2) is 29.6 Å². The fourth-order valence-electron chi connectivity index (χ4n) is 2.20. The first-order valence-electron chi connectivity index (χ1n) is 7.00. The molecule has 0 radical (unpaired) electrons. The van der Waals surface area contributed by atoms with E-state index in [1.54, 1.807) is 0 Å². The molecule has 0 saturated carbocycles. The molecular formula is C16H27NO. The molecule has 1 atom stereocenters. The highest BCUT2D eigenvalue weighted by Gasteiger charge is 2.14. The van der Waals surface area contributed by atoms with Gasteiger partial charge < -0.3 is 10.0 Å². The fraction of sp³-hybridized carbons (Fsp3) is 0.625. The van der Waals surface area contributed by atoms with Crippen molar-refractivity contribution in [1.82, 2.24) is 4.90 Å². The number of benzene rings is 1. The summed E-state index contributed by atoms with van der Waals surface area (Å²) in [5.41, 5.74) is 3.56. The van der Waals surface area contributed by atoms with Crippen molar-refractivity contribution in [3.63, 3.8) is 0 Å². The van der Waals surface area contributed by atoms with E-state index in [0.29, 0.717) is 5.92 Å². The maximum absolute atomic E-state index is 10.4. The standard InChI is InChI=1S/C16H27NO/c1-6-17(7-2)11-16(18)15-10-14(12(3)4)9-8-13(15)5/h8-10,12,16,18H,6-7,11H2,1-5H3. The van der Waals surface area contributed by atoms with Crippen LogP contribution in [0.4, 0.5) is 0 Å². The smallest absolute Gasteiger partial charge is 0.0919 e. The number of aliphatic hydroxyl groups excluding tert-OH is 1. The minimum absolute atomic E-state index is 0.386. The van der Waals surface area contributed by atoms with Crippen LogP contribution in [0.5, 0.6) is 0 Å². The lowest BCUT2D eigenvalue weighted by Crippen LogP contribution is -2.28. The highest BCUT2D eigenvalue weighted by atomic mass is 16.3. The van der Waals surface area contributed by atoms with Gasteiger partial charge in [-0.25, -0.2) is 0 Å². The van der Waals surface area contributed by atoms with E-state index >= 15 is 0 Å². The van der Waals surface area contributed by atoms with Crippen molar-refractivity contribution in [1.29, 1.82) is 0 Å². The van der Waals surface area contributed by atoms with Crippen LogP contribution >= 0.6 is 0 Å². The van der Waals surface area contributed by atoms with Gasteiger partial charge in [0.05, 0.1) is 6.10 Å². The Labute approximate surface area is 112 Å². The van der Waals surface area contributed by atoms with Gasteiger partial charge in [0.1, 0.15) is 0 Å². The summed E-state index contributed by atoms with van der Waals surface area (Å²) in [5, 5.41) is 10.4. The molecule has 0 amide bonds. The summed E-state index contributed by atoms with van der Waals surface area (Å²) in [6.07, 6.45) is -0.386. The van der Waals surface area contributed by atoms with Crippen molar-refractivity contribution in [3.05, 3.63) is 34.9 Å². The van der Waals surface area contributed by atoms with Crippen LogP contribution in [0.1, 0.15) is 56.4 Å². The Morgan fingerprint density at radius 3 is 2.28 bits per heavy atom. The third kappa shape index (κ3) is 3.82. The molecule has 2 nitrogen and oxygen atoms in total. The van der Waals surface area contributed by atoms with E-state index in [1.807, 2.05) is 0 Å². The van der Waals surface area contributed by atoms with Crippen molar-refractivity contribution < 1.29 is 5.11 Å². The fourth-order valence-corrected chi connectivity index (χ4v) is 2.20. The predicted octanol–water partition coefficient (Wildman–Crippen LogP) is 3.49. The molecule has 0 spiro atoms. The molecule has 1 aromatic carbocycles. The van der Waals surface area contributed by atoms with Crippen molar-refractivity contribution >= 4 is 0 Å². The maximum Gasteiger partial charge on any atom is 0.0919 e. The van der Waals surface area contributed by atoms with Crippen molar-refractivity contribution in [2.45, 2.75) is 46.6 Å². The third-order valence-corrected chi connectivity index (χ3v) is 3.65. The van der Waals surface area contributed by atoms with Crippen molar-refractivity contribution in [2.24, 2.45) is 0 Å². The second-order valence-electron chi connectivity index (χ2n) is 5.27. The molecule has 1 aromatic rings. The Morgan fingerprint density at radius 1 is 1.17 bits per heavy atom. The maximum atomic E-state index is 10.4. The first-order valence-corrected chi connectivity index (χ1v) is 7.00. The quantitative estimate of drug-likeness (QED) is 0.834. The molecule has 102 valence electrons. The van der Waals surface area contributed by atoms with Gasteiger partial charge in [-0.3, -0.25) is 0 Å². The van der Waals surface area contributed by atoms with Gasteiger partial charge in [-0.2, -0.15) is 0 Å². The molecule has 1 N–H and O–H groups in total. The normalized spacial score (nSPS) is 13.3. The Hall–Kier alpha value is -0.860. The number of nitrogens with zero attached hydrogens (tertiary/aromatic N) is 1. The first kappa shape index (κ1) is 15.2.